The SMILES string of the molecule is COC(=O)C(C)CCCCCCCCCCCCCCC(=O)O. The van der Waals surface area contributed by atoms with Gasteiger partial charge in [-0.2, -0.15) is 0 Å². The molecule has 0 saturated heterocycles. The number of carboxylic acid groups (broad SMARTS) is 1. The fraction of sp³-hybridized carbons (Fsp3) is 0.895. The number of carboxylic acids is 1. The van der Waals surface area contributed by atoms with Gasteiger partial charge in [-0.1, -0.05) is 77.6 Å². The van der Waals surface area contributed by atoms with Crippen molar-refractivity contribution in [1.82, 2.24) is 0 Å². The summed E-state index contributed by atoms with van der Waals surface area (Å²) in [7, 11) is 1.45. The second kappa shape index (κ2) is 15.8. The van der Waals surface area contributed by atoms with E-state index in [0.717, 1.165) is 25.7 Å². The molecule has 0 aromatic carbocycles. The zero-order valence-electron chi connectivity index (χ0n) is 15.1. The summed E-state index contributed by atoms with van der Waals surface area (Å²) in [6, 6.07) is 0. The average Bonchev–Trinajstić information content (AvgIpc) is 2.53. The molecule has 4 heteroatoms. The smallest absolute Gasteiger partial charge is 0.308 e. The summed E-state index contributed by atoms with van der Waals surface area (Å²) >= 11 is 0. The molecule has 0 aromatic heterocycles. The van der Waals surface area contributed by atoms with Gasteiger partial charge in [0.15, 0.2) is 0 Å². The number of ether oxygens (including phenoxy) is 1. The number of carbonyl (C=O) groups is 2. The van der Waals surface area contributed by atoms with Gasteiger partial charge >= 0.3 is 11.9 Å². The highest BCUT2D eigenvalue weighted by atomic mass is 16.5. The maximum Gasteiger partial charge on any atom is 0.308 e. The molecule has 1 atom stereocenters. The van der Waals surface area contributed by atoms with Crippen LogP contribution >= 0.6 is 0 Å². The third kappa shape index (κ3) is 15.6. The van der Waals surface area contributed by atoms with Crippen LogP contribution in [0.5, 0.6) is 0 Å². The molecule has 0 saturated carbocycles. The van der Waals surface area contributed by atoms with E-state index >= 15 is 0 Å². The van der Waals surface area contributed by atoms with E-state index in [2.05, 4.69) is 0 Å². The molecule has 0 spiro atoms. The average molecular weight is 328 g/mol. The quantitative estimate of drug-likeness (QED) is 0.307. The Morgan fingerprint density at radius 2 is 1.17 bits per heavy atom. The molecule has 136 valence electrons. The van der Waals surface area contributed by atoms with Crippen molar-refractivity contribution in [3.05, 3.63) is 0 Å². The molecule has 0 aliphatic carbocycles. The van der Waals surface area contributed by atoms with Gasteiger partial charge in [-0.3, -0.25) is 9.59 Å². The summed E-state index contributed by atoms with van der Waals surface area (Å²) in [5.74, 6) is -0.729. The van der Waals surface area contributed by atoms with Crippen LogP contribution in [-0.2, 0) is 14.3 Å². The molecule has 0 rings (SSSR count). The first-order valence-corrected chi connectivity index (χ1v) is 9.37. The Kier molecular flexibility index (Phi) is 15.1. The number of methoxy groups -OCH3 is 1. The lowest BCUT2D eigenvalue weighted by molar-refractivity contribution is -0.145. The molecular weight excluding hydrogens is 292 g/mol. The Morgan fingerprint density at radius 1 is 0.783 bits per heavy atom. The normalized spacial score (nSPS) is 12.1. The summed E-state index contributed by atoms with van der Waals surface area (Å²) in [5, 5.41) is 8.53. The highest BCUT2D eigenvalue weighted by molar-refractivity contribution is 5.71. The van der Waals surface area contributed by atoms with E-state index in [4.69, 9.17) is 9.84 Å². The van der Waals surface area contributed by atoms with E-state index in [1.165, 1.54) is 64.9 Å². The highest BCUT2D eigenvalue weighted by Crippen LogP contribution is 2.15. The van der Waals surface area contributed by atoms with Crippen molar-refractivity contribution < 1.29 is 19.4 Å². The van der Waals surface area contributed by atoms with Gasteiger partial charge in [0.05, 0.1) is 13.0 Å². The molecule has 0 amide bonds. The van der Waals surface area contributed by atoms with E-state index in [1.807, 2.05) is 6.92 Å². The van der Waals surface area contributed by atoms with Crippen LogP contribution in [-0.4, -0.2) is 24.2 Å². The number of aliphatic carboxylic acids is 1. The summed E-state index contributed by atoms with van der Waals surface area (Å²) in [6.07, 6.45) is 15.6. The molecule has 0 aromatic rings. The number of esters is 1. The first-order valence-electron chi connectivity index (χ1n) is 9.37. The minimum atomic E-state index is -0.676. The Balaban J connectivity index is 3.13. The Bertz CT molecular complexity index is 302. The molecule has 1 N–H and O–H groups in total. The summed E-state index contributed by atoms with van der Waals surface area (Å²) < 4.78 is 4.72. The number of carbonyl (C=O) groups excluding carboxylic acids is 1. The van der Waals surface area contributed by atoms with Gasteiger partial charge in [0.25, 0.3) is 0 Å². The Morgan fingerprint density at radius 3 is 1.57 bits per heavy atom. The molecule has 0 fully saturated rings. The van der Waals surface area contributed by atoms with Crippen LogP contribution in [0.1, 0.15) is 96.8 Å². The lowest BCUT2D eigenvalue weighted by atomic mass is 10.0. The molecule has 0 bridgehead atoms. The van der Waals surface area contributed by atoms with Gasteiger partial charge < -0.3 is 9.84 Å². The van der Waals surface area contributed by atoms with Gasteiger partial charge in [0, 0.05) is 6.42 Å². The largest absolute Gasteiger partial charge is 0.481 e. The fourth-order valence-corrected chi connectivity index (χ4v) is 2.81. The lowest BCUT2D eigenvalue weighted by Gasteiger charge is -2.08. The van der Waals surface area contributed by atoms with E-state index in [1.54, 1.807) is 0 Å². The highest BCUT2D eigenvalue weighted by Gasteiger charge is 2.11. The van der Waals surface area contributed by atoms with Crippen LogP contribution in [0.25, 0.3) is 0 Å². The maximum atomic E-state index is 11.2. The molecule has 0 heterocycles. The Hall–Kier alpha value is -1.06. The van der Waals surface area contributed by atoms with Crippen LogP contribution in [0.4, 0.5) is 0 Å². The second-order valence-electron chi connectivity index (χ2n) is 6.60. The summed E-state index contributed by atoms with van der Waals surface area (Å²) in [4.78, 5) is 21.6. The molecule has 4 nitrogen and oxygen atoms in total. The van der Waals surface area contributed by atoms with Crippen molar-refractivity contribution in [1.29, 1.82) is 0 Å². The number of rotatable bonds is 16. The predicted molar refractivity (Wildman–Crippen MR) is 93.5 cm³/mol. The van der Waals surface area contributed by atoms with Crippen LogP contribution in [0.3, 0.4) is 0 Å². The van der Waals surface area contributed by atoms with E-state index < -0.39 is 5.97 Å². The number of hydrogen-bond donors (Lipinski definition) is 1. The number of unbranched alkanes of at least 4 members (excludes halogenated alkanes) is 11. The van der Waals surface area contributed by atoms with Crippen LogP contribution in [0.15, 0.2) is 0 Å². The van der Waals surface area contributed by atoms with Crippen molar-refractivity contribution in [3.8, 4) is 0 Å². The minimum Gasteiger partial charge on any atom is -0.481 e. The lowest BCUT2D eigenvalue weighted by Crippen LogP contribution is -2.12. The van der Waals surface area contributed by atoms with Gasteiger partial charge in [-0.15, -0.1) is 0 Å². The van der Waals surface area contributed by atoms with Crippen LogP contribution in [0.2, 0.25) is 0 Å². The van der Waals surface area contributed by atoms with Crippen molar-refractivity contribution in [2.75, 3.05) is 7.11 Å². The van der Waals surface area contributed by atoms with E-state index in [-0.39, 0.29) is 11.9 Å². The maximum absolute atomic E-state index is 11.2. The fourth-order valence-electron chi connectivity index (χ4n) is 2.81. The van der Waals surface area contributed by atoms with Crippen LogP contribution < -0.4 is 0 Å². The molecule has 1 unspecified atom stereocenters. The van der Waals surface area contributed by atoms with Gasteiger partial charge in [0.1, 0.15) is 0 Å². The summed E-state index contributed by atoms with van der Waals surface area (Å²) in [6.45, 7) is 1.94. The van der Waals surface area contributed by atoms with Crippen LogP contribution in [0, 0.1) is 5.92 Å². The summed E-state index contributed by atoms with van der Waals surface area (Å²) in [5.41, 5.74) is 0. The third-order valence-electron chi connectivity index (χ3n) is 4.38. The topological polar surface area (TPSA) is 63.6 Å². The monoisotopic (exact) mass is 328 g/mol. The van der Waals surface area contributed by atoms with Crippen molar-refractivity contribution in [2.24, 2.45) is 5.92 Å². The molecule has 0 aliphatic rings. The van der Waals surface area contributed by atoms with Crippen molar-refractivity contribution >= 4 is 11.9 Å². The second-order valence-corrected chi connectivity index (χ2v) is 6.60. The Labute approximate surface area is 142 Å². The van der Waals surface area contributed by atoms with Crippen molar-refractivity contribution in [3.63, 3.8) is 0 Å². The zero-order chi connectivity index (χ0) is 17.3. The molecule has 23 heavy (non-hydrogen) atoms. The number of hydrogen-bond acceptors (Lipinski definition) is 3. The molecule has 0 aliphatic heterocycles. The predicted octanol–water partition coefficient (Wildman–Crippen LogP) is 5.34. The van der Waals surface area contributed by atoms with Crippen molar-refractivity contribution in [2.45, 2.75) is 96.8 Å². The standard InChI is InChI=1S/C19H36O4/c1-17(19(22)23-2)15-13-11-9-7-5-3-4-6-8-10-12-14-16-18(20)21/h17H,3-16H2,1-2H3,(H,20,21). The van der Waals surface area contributed by atoms with Gasteiger partial charge in [-0.25, -0.2) is 0 Å². The first kappa shape index (κ1) is 21.9. The van der Waals surface area contributed by atoms with Gasteiger partial charge in [0.2, 0.25) is 0 Å². The first-order chi connectivity index (χ1) is 11.1. The van der Waals surface area contributed by atoms with Gasteiger partial charge in [-0.05, 0) is 12.8 Å². The zero-order valence-corrected chi connectivity index (χ0v) is 15.1. The molecular formula is C19H36O4. The minimum absolute atomic E-state index is 0.0375. The molecule has 0 radical (unpaired) electrons. The van der Waals surface area contributed by atoms with E-state index in [0.29, 0.717) is 6.42 Å². The van der Waals surface area contributed by atoms with E-state index in [9.17, 15) is 9.59 Å². The third-order valence-corrected chi connectivity index (χ3v) is 4.38.